The fourth-order valence-electron chi connectivity index (χ4n) is 3.04. The van der Waals surface area contributed by atoms with Gasteiger partial charge >= 0.3 is 0 Å². The van der Waals surface area contributed by atoms with Gasteiger partial charge in [0.1, 0.15) is 17.3 Å². The van der Waals surface area contributed by atoms with Crippen LogP contribution in [0.5, 0.6) is 0 Å². The smallest absolute Gasteiger partial charge is 0.123 e. The molecule has 3 heteroatoms. The molecule has 2 unspecified atom stereocenters. The molecule has 1 aliphatic rings. The Balaban J connectivity index is 1.79. The second-order valence-corrected chi connectivity index (χ2v) is 6.12. The summed E-state index contributed by atoms with van der Waals surface area (Å²) in [5.41, 5.74) is 2.38. The van der Waals surface area contributed by atoms with Gasteiger partial charge in [0, 0.05) is 17.6 Å². The van der Waals surface area contributed by atoms with Crippen LogP contribution >= 0.6 is 0 Å². The topological polar surface area (TPSA) is 25.2 Å². The molecule has 3 rings (SSSR count). The van der Waals surface area contributed by atoms with Crippen molar-refractivity contribution in [1.82, 2.24) is 5.32 Å². The Bertz CT molecular complexity index is 613. The number of hydrogen-bond acceptors (Lipinski definition) is 2. The molecule has 1 heterocycles. The highest BCUT2D eigenvalue weighted by molar-refractivity contribution is 5.26. The second-order valence-electron chi connectivity index (χ2n) is 6.12. The van der Waals surface area contributed by atoms with Crippen LogP contribution < -0.4 is 5.32 Å². The summed E-state index contributed by atoms with van der Waals surface area (Å²) < 4.78 is 18.7. The van der Waals surface area contributed by atoms with Gasteiger partial charge in [-0.3, -0.25) is 0 Å². The molecule has 0 saturated heterocycles. The molecule has 112 valence electrons. The van der Waals surface area contributed by atoms with Crippen molar-refractivity contribution < 1.29 is 8.81 Å². The van der Waals surface area contributed by atoms with Gasteiger partial charge in [-0.25, -0.2) is 4.39 Å². The molecule has 0 bridgehead atoms. The Hall–Kier alpha value is -1.61. The van der Waals surface area contributed by atoms with Crippen molar-refractivity contribution in [3.8, 4) is 0 Å². The van der Waals surface area contributed by atoms with Crippen LogP contribution in [0.15, 0.2) is 34.7 Å². The average Bonchev–Trinajstić information content (AvgIpc) is 3.22. The van der Waals surface area contributed by atoms with Crippen LogP contribution in [0.25, 0.3) is 0 Å². The zero-order valence-corrected chi connectivity index (χ0v) is 12.8. The summed E-state index contributed by atoms with van der Waals surface area (Å²) in [5, 5.41) is 3.70. The molecule has 1 aromatic heterocycles. The van der Waals surface area contributed by atoms with Gasteiger partial charge in [0.15, 0.2) is 0 Å². The zero-order chi connectivity index (χ0) is 15.0. The number of rotatable bonds is 5. The van der Waals surface area contributed by atoms with E-state index in [0.717, 1.165) is 11.5 Å². The lowest BCUT2D eigenvalue weighted by Crippen LogP contribution is -2.26. The van der Waals surface area contributed by atoms with E-state index in [1.165, 1.54) is 24.0 Å². The first-order chi connectivity index (χ1) is 10.0. The third-order valence-electron chi connectivity index (χ3n) is 4.30. The summed E-state index contributed by atoms with van der Waals surface area (Å²) in [6.45, 7) is 6.14. The summed E-state index contributed by atoms with van der Waals surface area (Å²) in [5.74, 6) is 2.40. The van der Waals surface area contributed by atoms with Crippen molar-refractivity contribution in [1.29, 1.82) is 0 Å². The largest absolute Gasteiger partial charge is 0.466 e. The molecular weight excluding hydrogens is 265 g/mol. The SMILES string of the molecule is Cc1cc(C(C)NC(c2ccc(F)cc2)C2CC2)c(C)o1. The first-order valence-corrected chi connectivity index (χ1v) is 7.63. The minimum Gasteiger partial charge on any atom is -0.466 e. The molecule has 1 fully saturated rings. The number of furan rings is 1. The van der Waals surface area contributed by atoms with Crippen LogP contribution in [-0.4, -0.2) is 0 Å². The number of aryl methyl sites for hydroxylation is 2. The fourth-order valence-corrected chi connectivity index (χ4v) is 3.04. The lowest BCUT2D eigenvalue weighted by atomic mass is 9.99. The summed E-state index contributed by atoms with van der Waals surface area (Å²) in [7, 11) is 0. The van der Waals surface area contributed by atoms with Crippen LogP contribution in [0, 0.1) is 25.6 Å². The maximum Gasteiger partial charge on any atom is 0.123 e. The lowest BCUT2D eigenvalue weighted by molar-refractivity contribution is 0.419. The number of nitrogens with one attached hydrogen (secondary N) is 1. The van der Waals surface area contributed by atoms with Crippen molar-refractivity contribution >= 4 is 0 Å². The van der Waals surface area contributed by atoms with Gasteiger partial charge < -0.3 is 9.73 Å². The van der Waals surface area contributed by atoms with E-state index in [-0.39, 0.29) is 17.9 Å². The quantitative estimate of drug-likeness (QED) is 0.851. The van der Waals surface area contributed by atoms with Gasteiger partial charge in [-0.05, 0) is 63.3 Å². The number of halogens is 1. The third kappa shape index (κ3) is 3.18. The van der Waals surface area contributed by atoms with Gasteiger partial charge in [-0.15, -0.1) is 0 Å². The van der Waals surface area contributed by atoms with Crippen molar-refractivity contribution in [2.24, 2.45) is 5.92 Å². The maximum absolute atomic E-state index is 13.1. The van der Waals surface area contributed by atoms with Crippen LogP contribution in [0.4, 0.5) is 4.39 Å². The minimum absolute atomic E-state index is 0.178. The van der Waals surface area contributed by atoms with E-state index < -0.39 is 0 Å². The molecular formula is C18H22FNO. The molecule has 2 aromatic rings. The van der Waals surface area contributed by atoms with E-state index in [4.69, 9.17) is 4.42 Å². The van der Waals surface area contributed by atoms with Crippen molar-refractivity contribution in [3.63, 3.8) is 0 Å². The normalized spacial score (nSPS) is 17.7. The summed E-state index contributed by atoms with van der Waals surface area (Å²) in [4.78, 5) is 0. The van der Waals surface area contributed by atoms with Crippen LogP contribution in [0.1, 0.15) is 54.5 Å². The predicted octanol–water partition coefficient (Wildman–Crippen LogP) is 4.84. The van der Waals surface area contributed by atoms with Gasteiger partial charge in [0.25, 0.3) is 0 Å². The Morgan fingerprint density at radius 1 is 1.19 bits per heavy atom. The summed E-state index contributed by atoms with van der Waals surface area (Å²) >= 11 is 0. The Labute approximate surface area is 125 Å². The average molecular weight is 287 g/mol. The highest BCUT2D eigenvalue weighted by Crippen LogP contribution is 2.42. The van der Waals surface area contributed by atoms with E-state index >= 15 is 0 Å². The molecule has 0 amide bonds. The van der Waals surface area contributed by atoms with Crippen molar-refractivity contribution in [3.05, 3.63) is 58.8 Å². The van der Waals surface area contributed by atoms with Crippen molar-refractivity contribution in [2.75, 3.05) is 0 Å². The molecule has 2 nitrogen and oxygen atoms in total. The Morgan fingerprint density at radius 2 is 1.86 bits per heavy atom. The highest BCUT2D eigenvalue weighted by Gasteiger charge is 2.33. The zero-order valence-electron chi connectivity index (χ0n) is 12.8. The molecule has 1 aromatic carbocycles. The minimum atomic E-state index is -0.178. The van der Waals surface area contributed by atoms with E-state index in [1.807, 2.05) is 26.0 Å². The Morgan fingerprint density at radius 3 is 2.38 bits per heavy atom. The van der Waals surface area contributed by atoms with Gasteiger partial charge in [-0.2, -0.15) is 0 Å². The highest BCUT2D eigenvalue weighted by atomic mass is 19.1. The molecule has 0 radical (unpaired) electrons. The first kappa shape index (κ1) is 14.3. The van der Waals surface area contributed by atoms with Gasteiger partial charge in [-0.1, -0.05) is 12.1 Å². The summed E-state index contributed by atoms with van der Waals surface area (Å²) in [6.07, 6.45) is 2.48. The van der Waals surface area contributed by atoms with E-state index in [0.29, 0.717) is 5.92 Å². The molecule has 0 spiro atoms. The molecule has 0 aliphatic heterocycles. The monoisotopic (exact) mass is 287 g/mol. The lowest BCUT2D eigenvalue weighted by Gasteiger charge is -2.23. The molecule has 2 atom stereocenters. The van der Waals surface area contributed by atoms with Gasteiger partial charge in [0.05, 0.1) is 0 Å². The van der Waals surface area contributed by atoms with E-state index in [9.17, 15) is 4.39 Å². The summed E-state index contributed by atoms with van der Waals surface area (Å²) in [6, 6.07) is 9.49. The van der Waals surface area contributed by atoms with Crippen molar-refractivity contribution in [2.45, 2.75) is 45.7 Å². The maximum atomic E-state index is 13.1. The standard InChI is InChI=1S/C18H22FNO/c1-11-10-17(13(3)21-11)12(2)20-18(14-4-5-14)15-6-8-16(19)9-7-15/h6-10,12,14,18,20H,4-5H2,1-3H3. The van der Waals surface area contributed by atoms with Crippen LogP contribution in [0.2, 0.25) is 0 Å². The molecule has 1 saturated carbocycles. The number of benzene rings is 1. The van der Waals surface area contributed by atoms with Crippen LogP contribution in [0.3, 0.4) is 0 Å². The fraction of sp³-hybridized carbons (Fsp3) is 0.444. The second kappa shape index (κ2) is 5.64. The predicted molar refractivity (Wildman–Crippen MR) is 81.6 cm³/mol. The Kier molecular flexibility index (Phi) is 3.85. The molecule has 1 aliphatic carbocycles. The first-order valence-electron chi connectivity index (χ1n) is 7.63. The third-order valence-corrected chi connectivity index (χ3v) is 4.30. The van der Waals surface area contributed by atoms with Crippen LogP contribution in [-0.2, 0) is 0 Å². The molecule has 21 heavy (non-hydrogen) atoms. The van der Waals surface area contributed by atoms with E-state index in [1.54, 1.807) is 12.1 Å². The van der Waals surface area contributed by atoms with Gasteiger partial charge in [0.2, 0.25) is 0 Å². The van der Waals surface area contributed by atoms with E-state index in [2.05, 4.69) is 18.3 Å². The number of hydrogen-bond donors (Lipinski definition) is 1. The molecule has 1 N–H and O–H groups in total.